The summed E-state index contributed by atoms with van der Waals surface area (Å²) in [7, 11) is 3.35. The maximum atomic E-state index is 11.8. The van der Waals surface area contributed by atoms with Crippen molar-refractivity contribution in [1.29, 1.82) is 0 Å². The summed E-state index contributed by atoms with van der Waals surface area (Å²) < 4.78 is 1.68. The Morgan fingerprint density at radius 1 is 1.41 bits per heavy atom. The summed E-state index contributed by atoms with van der Waals surface area (Å²) in [5, 5.41) is 19.6. The number of aryl methyl sites for hydroxylation is 1. The van der Waals surface area contributed by atoms with Crippen LogP contribution in [0, 0.1) is 17.0 Å². The fraction of sp³-hybridized carbons (Fsp3) is 0.333. The van der Waals surface area contributed by atoms with Crippen LogP contribution in [0.4, 0.5) is 5.69 Å². The Morgan fingerprint density at radius 3 is 2.68 bits per heavy atom. The second kappa shape index (κ2) is 6.52. The number of nitrogens with zero attached hydrogens (tertiary/aromatic N) is 6. The van der Waals surface area contributed by atoms with Gasteiger partial charge in [0.1, 0.15) is 23.6 Å². The Bertz CT molecular complexity index is 697. The molecular formula is C12H14N6O3S. The molecule has 0 radical (unpaired) electrons. The SMILES string of the molecule is Cc1nnc(Sc2ccc([N+](=O)[O-])cn2)n1CC(=O)N(C)C. The van der Waals surface area contributed by atoms with Crippen LogP contribution in [0.2, 0.25) is 0 Å². The summed E-state index contributed by atoms with van der Waals surface area (Å²) >= 11 is 1.19. The van der Waals surface area contributed by atoms with E-state index in [4.69, 9.17) is 0 Å². The number of hydrogen-bond donors (Lipinski definition) is 0. The molecule has 22 heavy (non-hydrogen) atoms. The molecule has 0 aliphatic heterocycles. The van der Waals surface area contributed by atoms with Crippen molar-refractivity contribution >= 4 is 23.4 Å². The van der Waals surface area contributed by atoms with Crippen LogP contribution < -0.4 is 0 Å². The van der Waals surface area contributed by atoms with Gasteiger partial charge in [0.2, 0.25) is 5.91 Å². The van der Waals surface area contributed by atoms with Crippen molar-refractivity contribution in [2.45, 2.75) is 23.7 Å². The van der Waals surface area contributed by atoms with Crippen molar-refractivity contribution in [3.8, 4) is 0 Å². The van der Waals surface area contributed by atoms with Gasteiger partial charge in [-0.05, 0) is 24.8 Å². The minimum absolute atomic E-state index is 0.0789. The van der Waals surface area contributed by atoms with Gasteiger partial charge in [-0.3, -0.25) is 19.5 Å². The Labute approximate surface area is 130 Å². The summed E-state index contributed by atoms with van der Waals surface area (Å²) in [5.74, 6) is 0.529. The first-order valence-corrected chi connectivity index (χ1v) is 7.08. The third kappa shape index (κ3) is 3.58. The van der Waals surface area contributed by atoms with Gasteiger partial charge in [-0.2, -0.15) is 0 Å². The van der Waals surface area contributed by atoms with Crippen molar-refractivity contribution in [2.75, 3.05) is 14.1 Å². The normalized spacial score (nSPS) is 10.5. The Morgan fingerprint density at radius 2 is 2.14 bits per heavy atom. The largest absolute Gasteiger partial charge is 0.347 e. The minimum atomic E-state index is -0.510. The Hall–Kier alpha value is -2.49. The quantitative estimate of drug-likeness (QED) is 0.600. The molecule has 0 atom stereocenters. The smallest absolute Gasteiger partial charge is 0.287 e. The van der Waals surface area contributed by atoms with E-state index in [0.29, 0.717) is 16.0 Å². The molecule has 0 aliphatic carbocycles. The van der Waals surface area contributed by atoms with Gasteiger partial charge in [-0.1, -0.05) is 0 Å². The second-order valence-electron chi connectivity index (χ2n) is 4.62. The van der Waals surface area contributed by atoms with Crippen molar-refractivity contribution in [2.24, 2.45) is 0 Å². The molecule has 0 bridgehead atoms. The molecule has 116 valence electrons. The Balaban J connectivity index is 2.19. The highest BCUT2D eigenvalue weighted by Gasteiger charge is 2.16. The fourth-order valence-electron chi connectivity index (χ4n) is 1.53. The van der Waals surface area contributed by atoms with Crippen LogP contribution in [0.15, 0.2) is 28.5 Å². The third-order valence-corrected chi connectivity index (χ3v) is 3.76. The lowest BCUT2D eigenvalue weighted by Gasteiger charge is -2.12. The predicted molar refractivity (Wildman–Crippen MR) is 78.5 cm³/mol. The number of hydrogen-bond acceptors (Lipinski definition) is 7. The summed E-state index contributed by atoms with van der Waals surface area (Å²) in [6, 6.07) is 2.90. The second-order valence-corrected chi connectivity index (χ2v) is 5.61. The van der Waals surface area contributed by atoms with E-state index in [0.717, 1.165) is 0 Å². The van der Waals surface area contributed by atoms with Crippen LogP contribution >= 0.6 is 11.8 Å². The molecule has 2 aromatic heterocycles. The first-order chi connectivity index (χ1) is 10.4. The molecular weight excluding hydrogens is 308 g/mol. The van der Waals surface area contributed by atoms with E-state index in [-0.39, 0.29) is 18.1 Å². The number of rotatable bonds is 5. The van der Waals surface area contributed by atoms with E-state index in [2.05, 4.69) is 15.2 Å². The van der Waals surface area contributed by atoms with Crippen molar-refractivity contribution in [3.63, 3.8) is 0 Å². The van der Waals surface area contributed by atoms with Crippen LogP contribution in [0.5, 0.6) is 0 Å². The molecule has 0 unspecified atom stereocenters. The van der Waals surface area contributed by atoms with E-state index in [1.54, 1.807) is 25.6 Å². The van der Waals surface area contributed by atoms with Crippen LogP contribution in [0.1, 0.15) is 5.82 Å². The first-order valence-electron chi connectivity index (χ1n) is 6.26. The number of likely N-dealkylation sites (N-methyl/N-ethyl adjacent to an activating group) is 1. The Kier molecular flexibility index (Phi) is 4.71. The van der Waals surface area contributed by atoms with E-state index in [1.807, 2.05) is 0 Å². The third-order valence-electron chi connectivity index (χ3n) is 2.82. The average molecular weight is 322 g/mol. The first kappa shape index (κ1) is 15.9. The number of nitro groups is 1. The van der Waals surface area contributed by atoms with E-state index in [9.17, 15) is 14.9 Å². The van der Waals surface area contributed by atoms with Crippen LogP contribution in [0.3, 0.4) is 0 Å². The molecule has 1 amide bonds. The summed E-state index contributed by atoms with van der Waals surface area (Å²) in [4.78, 5) is 27.4. The molecule has 9 nitrogen and oxygen atoms in total. The van der Waals surface area contributed by atoms with Crippen molar-refractivity contribution in [3.05, 3.63) is 34.3 Å². The molecule has 0 aliphatic rings. The highest BCUT2D eigenvalue weighted by molar-refractivity contribution is 7.99. The standard InChI is InChI=1S/C12H14N6O3S/c1-8-14-15-12(17(8)7-11(19)16(2)3)22-10-5-4-9(6-13-10)18(20)21/h4-6H,7H2,1-3H3. The van der Waals surface area contributed by atoms with E-state index >= 15 is 0 Å². The topological polar surface area (TPSA) is 107 Å². The van der Waals surface area contributed by atoms with Crippen molar-refractivity contribution < 1.29 is 9.72 Å². The number of aromatic nitrogens is 4. The number of pyridine rings is 1. The molecule has 0 fully saturated rings. The zero-order valence-electron chi connectivity index (χ0n) is 12.3. The molecule has 2 heterocycles. The van der Waals surface area contributed by atoms with Gasteiger partial charge in [0.15, 0.2) is 5.16 Å². The summed E-state index contributed by atoms with van der Waals surface area (Å²) in [6.45, 7) is 1.88. The molecule has 0 saturated carbocycles. The molecule has 2 aromatic rings. The molecule has 10 heteroatoms. The molecule has 0 saturated heterocycles. The van der Waals surface area contributed by atoms with Gasteiger partial charge in [0.25, 0.3) is 5.69 Å². The monoisotopic (exact) mass is 322 g/mol. The van der Waals surface area contributed by atoms with Gasteiger partial charge in [0.05, 0.1) is 4.92 Å². The van der Waals surface area contributed by atoms with Gasteiger partial charge in [-0.15, -0.1) is 10.2 Å². The lowest BCUT2D eigenvalue weighted by molar-refractivity contribution is -0.385. The van der Waals surface area contributed by atoms with Gasteiger partial charge in [0, 0.05) is 20.2 Å². The zero-order chi connectivity index (χ0) is 16.3. The number of carbonyl (C=O) groups is 1. The number of amides is 1. The number of carbonyl (C=O) groups excluding carboxylic acids is 1. The predicted octanol–water partition coefficient (Wildman–Crippen LogP) is 1.13. The summed E-state index contributed by atoms with van der Waals surface area (Å²) in [5.41, 5.74) is -0.0789. The maximum Gasteiger partial charge on any atom is 0.287 e. The van der Waals surface area contributed by atoms with Crippen LogP contribution in [0.25, 0.3) is 0 Å². The molecule has 2 rings (SSSR count). The summed E-state index contributed by atoms with van der Waals surface area (Å²) in [6.07, 6.45) is 1.18. The van der Waals surface area contributed by atoms with Gasteiger partial charge >= 0.3 is 0 Å². The fourth-order valence-corrected chi connectivity index (χ4v) is 2.35. The highest BCUT2D eigenvalue weighted by atomic mass is 32.2. The zero-order valence-corrected chi connectivity index (χ0v) is 13.1. The van der Waals surface area contributed by atoms with Crippen molar-refractivity contribution in [1.82, 2.24) is 24.6 Å². The average Bonchev–Trinajstić information content (AvgIpc) is 2.80. The van der Waals surface area contributed by atoms with E-state index < -0.39 is 4.92 Å². The van der Waals surface area contributed by atoms with Gasteiger partial charge in [-0.25, -0.2) is 4.98 Å². The lowest BCUT2D eigenvalue weighted by atomic mass is 10.4. The lowest BCUT2D eigenvalue weighted by Crippen LogP contribution is -2.27. The van der Waals surface area contributed by atoms with Crippen LogP contribution in [-0.2, 0) is 11.3 Å². The maximum absolute atomic E-state index is 11.8. The highest BCUT2D eigenvalue weighted by Crippen LogP contribution is 2.26. The minimum Gasteiger partial charge on any atom is -0.347 e. The molecule has 0 aromatic carbocycles. The van der Waals surface area contributed by atoms with E-state index in [1.165, 1.54) is 35.0 Å². The van der Waals surface area contributed by atoms with Crippen LogP contribution in [-0.4, -0.2) is 49.6 Å². The van der Waals surface area contributed by atoms with Gasteiger partial charge < -0.3 is 4.90 Å². The molecule has 0 N–H and O–H groups in total. The molecule has 0 spiro atoms.